The van der Waals surface area contributed by atoms with Crippen molar-refractivity contribution >= 4 is 11.9 Å². The molecule has 7 nitrogen and oxygen atoms in total. The van der Waals surface area contributed by atoms with Gasteiger partial charge in [-0.25, -0.2) is 4.79 Å². The highest BCUT2D eigenvalue weighted by Gasteiger charge is 2.75. The first-order chi connectivity index (χ1) is 19.4. The molecule has 0 aromatic rings. The Labute approximate surface area is 251 Å². The zero-order valence-corrected chi connectivity index (χ0v) is 26.9. The number of allylic oxidation sites excluding steroid dienone is 3. The van der Waals surface area contributed by atoms with Gasteiger partial charge in [0.25, 0.3) is 0 Å². The van der Waals surface area contributed by atoms with Gasteiger partial charge in [-0.15, -0.1) is 0 Å². The molecule has 42 heavy (non-hydrogen) atoms. The molecular formula is C35H52O7. The number of carboxylic acids is 1. The average Bonchev–Trinajstić information content (AvgIpc) is 2.91. The van der Waals surface area contributed by atoms with Crippen LogP contribution in [0.3, 0.4) is 0 Å². The second-order valence-corrected chi connectivity index (χ2v) is 16.6. The summed E-state index contributed by atoms with van der Waals surface area (Å²) in [5.41, 5.74) is -1.08. The van der Waals surface area contributed by atoms with Gasteiger partial charge in [-0.3, -0.25) is 4.79 Å². The molecule has 0 unspecified atom stereocenters. The van der Waals surface area contributed by atoms with Gasteiger partial charge in [0.1, 0.15) is 11.5 Å². The maximum absolute atomic E-state index is 13.4. The largest absolute Gasteiger partial charge is 0.481 e. The number of carbonyl (C=O) groups excluding carboxylic acids is 1. The molecule has 0 amide bonds. The monoisotopic (exact) mass is 584 g/mol. The summed E-state index contributed by atoms with van der Waals surface area (Å²) >= 11 is 0. The SMILES string of the molecule is C/C=C(/C)C(=O)O[C@@H]1[C@@H](O)C(C)(C)C[C@H]2C3=CC[C@@H]4[C@]56CC[C@](O)(OC5)C(C)(C)[C@@H]6CC[C@@]4(C)[C@]3(C)CC[C@@]12C(=O)O. The summed E-state index contributed by atoms with van der Waals surface area (Å²) in [5.74, 6) is -2.22. The minimum atomic E-state index is -1.39. The van der Waals surface area contributed by atoms with Crippen LogP contribution < -0.4 is 0 Å². The van der Waals surface area contributed by atoms with Crippen molar-refractivity contribution in [2.24, 2.45) is 50.2 Å². The summed E-state index contributed by atoms with van der Waals surface area (Å²) in [6.07, 6.45) is 7.84. The van der Waals surface area contributed by atoms with E-state index in [4.69, 9.17) is 9.47 Å². The van der Waals surface area contributed by atoms with Crippen LogP contribution in [0.4, 0.5) is 0 Å². The van der Waals surface area contributed by atoms with E-state index in [1.54, 1.807) is 19.9 Å². The standard InChI is InChI=1S/C35H52O7/c1-9-20(2)27(37)42-26-25(36)29(3,4)18-22-21-10-11-24-32(8,31(21,7)14-16-34(22,26)28(38)39)13-12-23-30(5,6)35(40)17-15-33(23,24)19-41-35/h9-10,22-26,36,40H,11-19H2,1-8H3,(H,38,39)/b20-9-/t22-,23-,24-,25+,26+,31+,32+,33+,34-,35-/m0/s1. The van der Waals surface area contributed by atoms with Crippen LogP contribution in [-0.4, -0.2) is 51.9 Å². The van der Waals surface area contributed by atoms with Crippen molar-refractivity contribution in [3.05, 3.63) is 23.3 Å². The molecule has 0 radical (unpaired) electrons. The first-order valence-corrected chi connectivity index (χ1v) is 16.2. The van der Waals surface area contributed by atoms with Gasteiger partial charge in [0, 0.05) is 28.7 Å². The maximum Gasteiger partial charge on any atom is 0.333 e. The number of aliphatic carboxylic acids is 1. The molecule has 4 saturated carbocycles. The fourth-order valence-corrected chi connectivity index (χ4v) is 11.7. The second kappa shape index (κ2) is 8.94. The third-order valence-electron chi connectivity index (χ3n) is 14.7. The predicted molar refractivity (Wildman–Crippen MR) is 158 cm³/mol. The molecule has 7 rings (SSSR count). The first-order valence-electron chi connectivity index (χ1n) is 16.2. The minimum Gasteiger partial charge on any atom is -0.481 e. The molecule has 6 fully saturated rings. The number of rotatable bonds is 3. The Morgan fingerprint density at radius 3 is 2.31 bits per heavy atom. The van der Waals surface area contributed by atoms with Crippen LogP contribution >= 0.6 is 0 Å². The third-order valence-corrected chi connectivity index (χ3v) is 14.7. The van der Waals surface area contributed by atoms with E-state index in [1.165, 1.54) is 5.57 Å². The number of fused-ring (bicyclic) bond motifs is 7. The van der Waals surface area contributed by atoms with Crippen molar-refractivity contribution < 1.29 is 34.4 Å². The molecule has 10 atom stereocenters. The number of ether oxygens (including phenoxy) is 2. The van der Waals surface area contributed by atoms with Crippen molar-refractivity contribution in [1.82, 2.24) is 0 Å². The van der Waals surface area contributed by atoms with Crippen LogP contribution in [0.25, 0.3) is 0 Å². The fourth-order valence-electron chi connectivity index (χ4n) is 11.7. The lowest BCUT2D eigenvalue weighted by molar-refractivity contribution is -0.395. The molecule has 2 aliphatic heterocycles. The summed E-state index contributed by atoms with van der Waals surface area (Å²) in [6.45, 7) is 17.1. The molecule has 2 saturated heterocycles. The Balaban J connectivity index is 1.46. The Bertz CT molecular complexity index is 1250. The van der Waals surface area contributed by atoms with E-state index in [1.807, 2.05) is 13.8 Å². The van der Waals surface area contributed by atoms with Crippen molar-refractivity contribution in [2.45, 2.75) is 125 Å². The summed E-state index contributed by atoms with van der Waals surface area (Å²) in [5, 5.41) is 34.1. The van der Waals surface area contributed by atoms with Gasteiger partial charge in [-0.05, 0) is 86.9 Å². The third kappa shape index (κ3) is 3.39. The first kappa shape index (κ1) is 30.3. The van der Waals surface area contributed by atoms with Crippen LogP contribution in [0.2, 0.25) is 0 Å². The van der Waals surface area contributed by atoms with Crippen LogP contribution in [0.15, 0.2) is 23.3 Å². The van der Waals surface area contributed by atoms with E-state index >= 15 is 0 Å². The normalized spacial score (nSPS) is 50.4. The highest BCUT2D eigenvalue weighted by molar-refractivity contribution is 5.88. The quantitative estimate of drug-likeness (QED) is 0.211. The minimum absolute atomic E-state index is 0.0164. The molecular weight excluding hydrogens is 532 g/mol. The van der Waals surface area contributed by atoms with Gasteiger partial charge >= 0.3 is 11.9 Å². The molecule has 7 aliphatic rings. The molecule has 2 heterocycles. The predicted octanol–water partition coefficient (Wildman–Crippen LogP) is 6.03. The number of hydrogen-bond donors (Lipinski definition) is 3. The number of carbonyl (C=O) groups is 2. The Kier molecular flexibility index (Phi) is 6.46. The van der Waals surface area contributed by atoms with E-state index in [0.29, 0.717) is 49.7 Å². The van der Waals surface area contributed by atoms with Crippen LogP contribution in [-0.2, 0) is 19.1 Å². The Hall–Kier alpha value is -1.70. The molecule has 0 aromatic heterocycles. The highest BCUT2D eigenvalue weighted by Crippen LogP contribution is 2.78. The molecule has 5 aliphatic carbocycles. The Morgan fingerprint density at radius 2 is 1.71 bits per heavy atom. The van der Waals surface area contributed by atoms with Crippen molar-refractivity contribution in [3.63, 3.8) is 0 Å². The number of aliphatic hydroxyl groups is 2. The lowest BCUT2D eigenvalue weighted by atomic mass is 9.32. The fraction of sp³-hybridized carbons (Fsp3) is 0.829. The number of esters is 1. The summed E-state index contributed by atoms with van der Waals surface area (Å²) in [6, 6.07) is 0. The van der Waals surface area contributed by atoms with Crippen molar-refractivity contribution in [2.75, 3.05) is 6.61 Å². The number of hydrogen-bond acceptors (Lipinski definition) is 6. The lowest BCUT2D eigenvalue weighted by Gasteiger charge is -2.74. The van der Waals surface area contributed by atoms with E-state index < -0.39 is 40.8 Å². The maximum atomic E-state index is 13.4. The van der Waals surface area contributed by atoms with E-state index in [-0.39, 0.29) is 27.6 Å². The molecule has 3 N–H and O–H groups in total. The average molecular weight is 585 g/mol. The zero-order chi connectivity index (χ0) is 30.9. The Morgan fingerprint density at radius 1 is 1.02 bits per heavy atom. The molecule has 2 bridgehead atoms. The van der Waals surface area contributed by atoms with Gasteiger partial charge in [-0.2, -0.15) is 0 Å². The van der Waals surface area contributed by atoms with Crippen LogP contribution in [0.1, 0.15) is 107 Å². The lowest BCUT2D eigenvalue weighted by Crippen LogP contribution is -2.73. The smallest absolute Gasteiger partial charge is 0.333 e. The van der Waals surface area contributed by atoms with Crippen molar-refractivity contribution in [1.29, 1.82) is 0 Å². The van der Waals surface area contributed by atoms with E-state index in [2.05, 4.69) is 33.8 Å². The number of carboxylic acid groups (broad SMARTS) is 1. The molecule has 234 valence electrons. The summed E-state index contributed by atoms with van der Waals surface area (Å²) in [7, 11) is 0. The van der Waals surface area contributed by atoms with Gasteiger partial charge in [0.2, 0.25) is 0 Å². The van der Waals surface area contributed by atoms with Gasteiger partial charge in [0.15, 0.2) is 5.79 Å². The van der Waals surface area contributed by atoms with Crippen LogP contribution in [0, 0.1) is 50.2 Å². The van der Waals surface area contributed by atoms with E-state index in [9.17, 15) is 24.9 Å². The van der Waals surface area contributed by atoms with Crippen molar-refractivity contribution in [3.8, 4) is 0 Å². The van der Waals surface area contributed by atoms with Gasteiger partial charge < -0.3 is 24.8 Å². The zero-order valence-electron chi connectivity index (χ0n) is 26.9. The number of aliphatic hydroxyl groups excluding tert-OH is 1. The highest BCUT2D eigenvalue weighted by atomic mass is 16.6. The summed E-state index contributed by atoms with van der Waals surface area (Å²) in [4.78, 5) is 26.5. The van der Waals surface area contributed by atoms with Crippen LogP contribution in [0.5, 0.6) is 0 Å². The summed E-state index contributed by atoms with van der Waals surface area (Å²) < 4.78 is 12.3. The molecule has 7 heteroatoms. The van der Waals surface area contributed by atoms with Gasteiger partial charge in [-0.1, -0.05) is 59.3 Å². The topological polar surface area (TPSA) is 113 Å². The second-order valence-electron chi connectivity index (χ2n) is 16.6. The van der Waals surface area contributed by atoms with Gasteiger partial charge in [0.05, 0.1) is 12.7 Å². The molecule has 1 spiro atoms. The molecule has 0 aromatic carbocycles. The van der Waals surface area contributed by atoms with E-state index in [0.717, 1.165) is 25.7 Å².